The summed E-state index contributed by atoms with van der Waals surface area (Å²) in [7, 11) is 0. The van der Waals surface area contributed by atoms with Crippen LogP contribution in [0.2, 0.25) is 0 Å². The third kappa shape index (κ3) is 6.80. The van der Waals surface area contributed by atoms with Gasteiger partial charge in [0.2, 0.25) is 0 Å². The van der Waals surface area contributed by atoms with Crippen molar-refractivity contribution in [3.05, 3.63) is 106 Å². The summed E-state index contributed by atoms with van der Waals surface area (Å²) in [6.07, 6.45) is -9.12. The zero-order valence-electron chi connectivity index (χ0n) is 20.7. The third-order valence-electron chi connectivity index (χ3n) is 5.93. The molecule has 1 heterocycles. The topological polar surface area (TPSA) is 59.8 Å². The maximum absolute atomic E-state index is 13.4. The van der Waals surface area contributed by atoms with Crippen LogP contribution in [-0.4, -0.2) is 20.7 Å². The molecule has 0 atom stereocenters. The third-order valence-corrected chi connectivity index (χ3v) is 6.93. The predicted molar refractivity (Wildman–Crippen MR) is 134 cm³/mol. The van der Waals surface area contributed by atoms with Gasteiger partial charge in [0.1, 0.15) is 0 Å². The predicted octanol–water partition coefficient (Wildman–Crippen LogP) is 7.14. The molecule has 0 radical (unpaired) electrons. The summed E-state index contributed by atoms with van der Waals surface area (Å²) in [6.45, 7) is 3.62. The van der Waals surface area contributed by atoms with Gasteiger partial charge < -0.3 is 5.32 Å². The Morgan fingerprint density at radius 2 is 1.51 bits per heavy atom. The molecule has 0 saturated heterocycles. The minimum atomic E-state index is -4.60. The van der Waals surface area contributed by atoms with E-state index in [0.29, 0.717) is 11.1 Å². The molecule has 5 nitrogen and oxygen atoms in total. The van der Waals surface area contributed by atoms with E-state index in [2.05, 4.69) is 15.5 Å². The number of alkyl halides is 6. The highest BCUT2D eigenvalue weighted by Crippen LogP contribution is 2.33. The highest BCUT2D eigenvalue weighted by Gasteiger charge is 2.32. The van der Waals surface area contributed by atoms with E-state index in [4.69, 9.17) is 0 Å². The van der Waals surface area contributed by atoms with Crippen LogP contribution in [0.25, 0.3) is 5.69 Å². The number of thioether (sulfide) groups is 1. The number of halogens is 6. The summed E-state index contributed by atoms with van der Waals surface area (Å²) < 4.78 is 80.9. The van der Waals surface area contributed by atoms with Gasteiger partial charge in [-0.15, -0.1) is 10.2 Å². The van der Waals surface area contributed by atoms with Crippen molar-refractivity contribution in [2.24, 2.45) is 0 Å². The van der Waals surface area contributed by atoms with Gasteiger partial charge in [0.25, 0.3) is 5.91 Å². The lowest BCUT2D eigenvalue weighted by Gasteiger charge is -2.14. The van der Waals surface area contributed by atoms with Crippen molar-refractivity contribution >= 4 is 17.7 Å². The highest BCUT2D eigenvalue weighted by molar-refractivity contribution is 7.98. The first kappa shape index (κ1) is 28.2. The zero-order valence-corrected chi connectivity index (χ0v) is 21.5. The van der Waals surface area contributed by atoms with Crippen molar-refractivity contribution < 1.29 is 31.1 Å². The highest BCUT2D eigenvalue weighted by atomic mass is 32.2. The minimum Gasteiger partial charge on any atom is -0.345 e. The smallest absolute Gasteiger partial charge is 0.345 e. The molecule has 4 aromatic rings. The van der Waals surface area contributed by atoms with Crippen LogP contribution in [0.5, 0.6) is 0 Å². The summed E-state index contributed by atoms with van der Waals surface area (Å²) in [4.78, 5) is 12.7. The molecule has 0 fully saturated rings. The van der Waals surface area contributed by atoms with E-state index in [1.54, 1.807) is 18.2 Å². The average Bonchev–Trinajstić information content (AvgIpc) is 3.29. The first-order valence-corrected chi connectivity index (χ1v) is 12.6. The molecule has 1 amide bonds. The Balaban J connectivity index is 1.63. The van der Waals surface area contributed by atoms with Crippen molar-refractivity contribution in [2.75, 3.05) is 0 Å². The van der Waals surface area contributed by atoms with Gasteiger partial charge in [-0.3, -0.25) is 9.36 Å². The zero-order chi connectivity index (χ0) is 28.4. The molecule has 0 spiro atoms. The molecule has 39 heavy (non-hydrogen) atoms. The number of nitrogens with zero attached hydrogens (tertiary/aromatic N) is 3. The van der Waals surface area contributed by atoms with Gasteiger partial charge in [-0.25, -0.2) is 0 Å². The van der Waals surface area contributed by atoms with E-state index in [1.165, 1.54) is 28.8 Å². The second-order valence-electron chi connectivity index (χ2n) is 8.75. The van der Waals surface area contributed by atoms with Crippen LogP contribution >= 0.6 is 11.8 Å². The van der Waals surface area contributed by atoms with E-state index in [1.807, 2.05) is 13.8 Å². The van der Waals surface area contributed by atoms with Crippen molar-refractivity contribution in [1.82, 2.24) is 20.1 Å². The number of rotatable bonds is 7. The Morgan fingerprint density at radius 3 is 2.18 bits per heavy atom. The van der Waals surface area contributed by atoms with Crippen molar-refractivity contribution in [2.45, 2.75) is 43.7 Å². The van der Waals surface area contributed by atoms with Gasteiger partial charge >= 0.3 is 12.4 Å². The van der Waals surface area contributed by atoms with Crippen LogP contribution in [0.3, 0.4) is 0 Å². The molecule has 0 aliphatic heterocycles. The molecular formula is C27H22F6N4OS. The van der Waals surface area contributed by atoms with Crippen LogP contribution < -0.4 is 5.32 Å². The molecule has 0 aliphatic rings. The second-order valence-corrected chi connectivity index (χ2v) is 9.69. The van der Waals surface area contributed by atoms with Gasteiger partial charge in [-0.1, -0.05) is 42.1 Å². The number of amides is 1. The average molecular weight is 565 g/mol. The molecule has 0 bridgehead atoms. The van der Waals surface area contributed by atoms with E-state index >= 15 is 0 Å². The van der Waals surface area contributed by atoms with Crippen molar-refractivity contribution in [3.8, 4) is 5.69 Å². The van der Waals surface area contributed by atoms with E-state index < -0.39 is 29.4 Å². The fourth-order valence-electron chi connectivity index (χ4n) is 3.72. The monoisotopic (exact) mass is 564 g/mol. The molecule has 0 unspecified atom stereocenters. The van der Waals surface area contributed by atoms with Gasteiger partial charge in [-0.2, -0.15) is 26.3 Å². The molecule has 3 aromatic carbocycles. The lowest BCUT2D eigenvalue weighted by Crippen LogP contribution is -2.25. The van der Waals surface area contributed by atoms with Gasteiger partial charge in [0.15, 0.2) is 11.0 Å². The van der Waals surface area contributed by atoms with Crippen LogP contribution in [0.15, 0.2) is 71.9 Å². The summed E-state index contributed by atoms with van der Waals surface area (Å²) in [5, 5.41) is 11.0. The number of hydrogen-bond acceptors (Lipinski definition) is 4. The Labute approximate surface area is 224 Å². The summed E-state index contributed by atoms with van der Waals surface area (Å²) >= 11 is 1.01. The van der Waals surface area contributed by atoms with Crippen LogP contribution in [0, 0.1) is 13.8 Å². The summed E-state index contributed by atoms with van der Waals surface area (Å²) in [6, 6.07) is 14.4. The van der Waals surface area contributed by atoms with E-state index in [9.17, 15) is 31.1 Å². The Morgan fingerprint density at radius 1 is 0.846 bits per heavy atom. The number of hydrogen-bond donors (Lipinski definition) is 1. The second kappa shape index (κ2) is 11.1. The number of carbonyl (C=O) groups excluding carboxylic acids is 1. The maximum Gasteiger partial charge on any atom is 0.416 e. The normalized spacial score (nSPS) is 12.0. The number of benzene rings is 3. The van der Waals surface area contributed by atoms with Gasteiger partial charge in [0.05, 0.1) is 23.4 Å². The Hall–Kier alpha value is -3.80. The molecule has 1 N–H and O–H groups in total. The molecule has 0 saturated carbocycles. The molecule has 4 rings (SSSR count). The molecule has 0 aliphatic carbocycles. The van der Waals surface area contributed by atoms with Gasteiger partial charge in [-0.05, 0) is 66.9 Å². The Kier molecular flexibility index (Phi) is 8.05. The first-order chi connectivity index (χ1) is 18.3. The van der Waals surface area contributed by atoms with Crippen molar-refractivity contribution in [1.29, 1.82) is 0 Å². The minimum absolute atomic E-state index is 0.0516. The lowest BCUT2D eigenvalue weighted by molar-refractivity contribution is -0.138. The maximum atomic E-state index is 13.4. The SMILES string of the molecule is Cc1ccc(C(=O)NCc2nnc(SCc3cccc(C(F)(F)F)c3)n2-c2cccc(C(F)(F)F)c2)cc1C. The Bertz CT molecular complexity index is 1500. The van der Waals surface area contributed by atoms with E-state index in [-0.39, 0.29) is 29.0 Å². The fourth-order valence-corrected chi connectivity index (χ4v) is 4.63. The summed E-state index contributed by atoms with van der Waals surface area (Å²) in [5.41, 5.74) is 1.07. The van der Waals surface area contributed by atoms with Crippen LogP contribution in [0.4, 0.5) is 26.3 Å². The molecule has 1 aromatic heterocycles. The van der Waals surface area contributed by atoms with E-state index in [0.717, 1.165) is 47.2 Å². The standard InChI is InChI=1S/C27H22F6N4OS/c1-16-9-10-19(11-17(16)2)24(38)34-14-23-35-36-25(37(23)22-8-4-7-21(13-22)27(31,32)33)39-15-18-5-3-6-20(12-18)26(28,29)30/h3-13H,14-15H2,1-2H3,(H,34,38). The quantitative estimate of drug-likeness (QED) is 0.191. The molecule has 12 heteroatoms. The number of nitrogens with one attached hydrogen (secondary N) is 1. The number of aryl methyl sites for hydroxylation is 2. The summed E-state index contributed by atoms with van der Waals surface area (Å²) in [5.74, 6) is -0.205. The molecular weight excluding hydrogens is 542 g/mol. The largest absolute Gasteiger partial charge is 0.416 e. The molecule has 204 valence electrons. The lowest BCUT2D eigenvalue weighted by atomic mass is 10.1. The fraction of sp³-hybridized carbons (Fsp3) is 0.222. The number of carbonyl (C=O) groups is 1. The number of aromatic nitrogens is 3. The van der Waals surface area contributed by atoms with Crippen molar-refractivity contribution in [3.63, 3.8) is 0 Å². The van der Waals surface area contributed by atoms with Gasteiger partial charge in [0, 0.05) is 11.3 Å². The first-order valence-electron chi connectivity index (χ1n) is 11.6. The van der Waals surface area contributed by atoms with Crippen LogP contribution in [0.1, 0.15) is 44.0 Å². The van der Waals surface area contributed by atoms with Crippen LogP contribution in [-0.2, 0) is 24.7 Å².